The zero-order chi connectivity index (χ0) is 16.8. The number of carbonyl (C=O) groups is 1. The summed E-state index contributed by atoms with van der Waals surface area (Å²) in [6.07, 6.45) is 1.00. The van der Waals surface area contributed by atoms with E-state index in [2.05, 4.69) is 24.4 Å². The molecule has 2 rings (SSSR count). The van der Waals surface area contributed by atoms with Gasteiger partial charge < -0.3 is 10.1 Å². The van der Waals surface area contributed by atoms with Crippen molar-refractivity contribution in [3.05, 3.63) is 65.2 Å². The molecule has 0 aliphatic carbocycles. The highest BCUT2D eigenvalue weighted by molar-refractivity contribution is 6.30. The molecule has 4 heteroatoms. The number of halogens is 1. The quantitative estimate of drug-likeness (QED) is 0.796. The largest absolute Gasteiger partial charge is 0.497 e. The van der Waals surface area contributed by atoms with Gasteiger partial charge in [-0.15, -0.1) is 11.6 Å². The Morgan fingerprint density at radius 1 is 1.09 bits per heavy atom. The molecule has 0 aliphatic heterocycles. The predicted octanol–water partition coefficient (Wildman–Crippen LogP) is 4.41. The van der Waals surface area contributed by atoms with Gasteiger partial charge in [-0.2, -0.15) is 0 Å². The third kappa shape index (κ3) is 4.49. The number of hydrogen-bond donors (Lipinski definition) is 1. The summed E-state index contributed by atoms with van der Waals surface area (Å²) in [5.74, 6) is 0.534. The lowest BCUT2D eigenvalue weighted by molar-refractivity contribution is -0.121. The number of hydrogen-bond acceptors (Lipinski definition) is 2. The molecule has 2 aromatic carbocycles. The number of benzene rings is 2. The van der Waals surface area contributed by atoms with Crippen LogP contribution in [0, 0.1) is 0 Å². The van der Waals surface area contributed by atoms with Crippen LogP contribution in [0.4, 0.5) is 0 Å². The first-order valence-electron chi connectivity index (χ1n) is 7.72. The number of methoxy groups -OCH3 is 1. The second-order valence-corrected chi connectivity index (χ2v) is 5.90. The van der Waals surface area contributed by atoms with E-state index in [1.165, 1.54) is 5.56 Å². The second-order valence-electron chi connectivity index (χ2n) is 5.46. The summed E-state index contributed by atoms with van der Waals surface area (Å²) in [7, 11) is 1.60. The minimum absolute atomic E-state index is 0.0899. The highest BCUT2D eigenvalue weighted by Gasteiger charge is 2.20. The first-order chi connectivity index (χ1) is 11.0. The first kappa shape index (κ1) is 17.4. The van der Waals surface area contributed by atoms with Crippen LogP contribution in [0.15, 0.2) is 48.5 Å². The molecule has 0 heterocycles. The molecule has 0 saturated carbocycles. The van der Waals surface area contributed by atoms with Crippen molar-refractivity contribution in [2.45, 2.75) is 31.7 Å². The highest BCUT2D eigenvalue weighted by atomic mass is 35.5. The van der Waals surface area contributed by atoms with Gasteiger partial charge in [-0.1, -0.05) is 43.3 Å². The fourth-order valence-corrected chi connectivity index (χ4v) is 2.54. The van der Waals surface area contributed by atoms with Crippen LogP contribution in [0.5, 0.6) is 5.75 Å². The monoisotopic (exact) mass is 331 g/mol. The SMILES string of the molecule is CCc1ccc(C(C)NC(=O)C(Cl)c2ccc(OC)cc2)cc1. The van der Waals surface area contributed by atoms with Crippen LogP contribution < -0.4 is 10.1 Å². The first-order valence-corrected chi connectivity index (χ1v) is 8.16. The molecule has 23 heavy (non-hydrogen) atoms. The Labute approximate surface area is 142 Å². The molecule has 0 bridgehead atoms. The van der Waals surface area contributed by atoms with Crippen molar-refractivity contribution in [2.24, 2.45) is 0 Å². The minimum atomic E-state index is -0.724. The zero-order valence-corrected chi connectivity index (χ0v) is 14.4. The third-order valence-electron chi connectivity index (χ3n) is 3.89. The normalized spacial score (nSPS) is 13.2. The van der Waals surface area contributed by atoms with Gasteiger partial charge in [0.1, 0.15) is 11.1 Å². The van der Waals surface area contributed by atoms with Crippen LogP contribution in [-0.4, -0.2) is 13.0 Å². The van der Waals surface area contributed by atoms with E-state index in [0.29, 0.717) is 0 Å². The lowest BCUT2D eigenvalue weighted by atomic mass is 10.0. The fraction of sp³-hybridized carbons (Fsp3) is 0.316. The Morgan fingerprint density at radius 2 is 1.65 bits per heavy atom. The summed E-state index contributed by atoms with van der Waals surface area (Å²) in [5, 5.41) is 2.23. The number of carbonyl (C=O) groups excluding carboxylic acids is 1. The molecule has 0 saturated heterocycles. The predicted molar refractivity (Wildman–Crippen MR) is 94.0 cm³/mol. The van der Waals surface area contributed by atoms with Crippen molar-refractivity contribution < 1.29 is 9.53 Å². The van der Waals surface area contributed by atoms with E-state index in [1.807, 2.05) is 19.1 Å². The molecular weight excluding hydrogens is 310 g/mol. The minimum Gasteiger partial charge on any atom is -0.497 e. The second kappa shape index (κ2) is 8.02. The smallest absolute Gasteiger partial charge is 0.243 e. The molecule has 2 unspecified atom stereocenters. The zero-order valence-electron chi connectivity index (χ0n) is 13.7. The Balaban J connectivity index is 2.01. The Hall–Kier alpha value is -2.00. The Kier molecular flexibility index (Phi) is 6.05. The Bertz CT molecular complexity index is 637. The van der Waals surface area contributed by atoms with Gasteiger partial charge in [-0.05, 0) is 42.2 Å². The average Bonchev–Trinajstić information content (AvgIpc) is 2.61. The summed E-state index contributed by atoms with van der Waals surface area (Å²) in [6.45, 7) is 4.07. The molecule has 3 nitrogen and oxygen atoms in total. The van der Waals surface area contributed by atoms with E-state index < -0.39 is 5.38 Å². The molecule has 0 aromatic heterocycles. The van der Waals surface area contributed by atoms with Crippen LogP contribution >= 0.6 is 11.6 Å². The molecule has 1 amide bonds. The summed E-state index contributed by atoms with van der Waals surface area (Å²) >= 11 is 6.28. The third-order valence-corrected chi connectivity index (χ3v) is 4.34. The standard InChI is InChI=1S/C19H22ClNO2/c1-4-14-5-7-15(8-6-14)13(2)21-19(22)18(20)16-9-11-17(23-3)12-10-16/h5-13,18H,4H2,1-3H3,(H,21,22). The van der Waals surface area contributed by atoms with Gasteiger partial charge in [0.05, 0.1) is 13.2 Å². The maximum absolute atomic E-state index is 12.3. The molecule has 0 radical (unpaired) electrons. The van der Waals surface area contributed by atoms with E-state index in [9.17, 15) is 4.79 Å². The molecule has 1 N–H and O–H groups in total. The lowest BCUT2D eigenvalue weighted by Crippen LogP contribution is -2.29. The van der Waals surface area contributed by atoms with Crippen molar-refractivity contribution >= 4 is 17.5 Å². The highest BCUT2D eigenvalue weighted by Crippen LogP contribution is 2.24. The Morgan fingerprint density at radius 3 is 2.17 bits per heavy atom. The molecule has 0 spiro atoms. The van der Waals surface area contributed by atoms with Crippen LogP contribution in [0.25, 0.3) is 0 Å². The summed E-state index contributed by atoms with van der Waals surface area (Å²) < 4.78 is 5.11. The maximum Gasteiger partial charge on any atom is 0.243 e. The van der Waals surface area contributed by atoms with Crippen LogP contribution in [0.3, 0.4) is 0 Å². The average molecular weight is 332 g/mol. The van der Waals surface area contributed by atoms with Crippen molar-refractivity contribution in [3.8, 4) is 5.75 Å². The number of aryl methyl sites for hydroxylation is 1. The number of amides is 1. The topological polar surface area (TPSA) is 38.3 Å². The summed E-state index contributed by atoms with van der Waals surface area (Å²) in [4.78, 5) is 12.3. The number of alkyl halides is 1. The molecule has 2 aromatic rings. The number of ether oxygens (including phenoxy) is 1. The van der Waals surface area contributed by atoms with Crippen molar-refractivity contribution in [1.82, 2.24) is 5.32 Å². The van der Waals surface area contributed by atoms with Crippen molar-refractivity contribution in [3.63, 3.8) is 0 Å². The van der Waals surface area contributed by atoms with E-state index in [0.717, 1.165) is 23.3 Å². The molecule has 2 atom stereocenters. The lowest BCUT2D eigenvalue weighted by Gasteiger charge is -2.17. The van der Waals surface area contributed by atoms with Gasteiger partial charge in [0.25, 0.3) is 0 Å². The number of nitrogens with one attached hydrogen (secondary N) is 1. The van der Waals surface area contributed by atoms with Crippen LogP contribution in [-0.2, 0) is 11.2 Å². The van der Waals surface area contributed by atoms with Crippen molar-refractivity contribution in [1.29, 1.82) is 0 Å². The van der Waals surface area contributed by atoms with Gasteiger partial charge in [0.2, 0.25) is 5.91 Å². The summed E-state index contributed by atoms with van der Waals surface area (Å²) in [5.41, 5.74) is 3.09. The van der Waals surface area contributed by atoms with Gasteiger partial charge >= 0.3 is 0 Å². The molecule has 122 valence electrons. The van der Waals surface area contributed by atoms with Crippen molar-refractivity contribution in [2.75, 3.05) is 7.11 Å². The van der Waals surface area contributed by atoms with Crippen LogP contribution in [0.1, 0.15) is 42.0 Å². The van der Waals surface area contributed by atoms with Gasteiger partial charge in [0, 0.05) is 0 Å². The van der Waals surface area contributed by atoms with Gasteiger partial charge in [-0.25, -0.2) is 0 Å². The van der Waals surface area contributed by atoms with Crippen LogP contribution in [0.2, 0.25) is 0 Å². The molecular formula is C19H22ClNO2. The van der Waals surface area contributed by atoms with E-state index in [4.69, 9.17) is 16.3 Å². The van der Waals surface area contributed by atoms with E-state index >= 15 is 0 Å². The summed E-state index contributed by atoms with van der Waals surface area (Å²) in [6, 6.07) is 15.4. The molecule has 0 aliphatic rings. The van der Waals surface area contributed by atoms with E-state index in [1.54, 1.807) is 31.4 Å². The van der Waals surface area contributed by atoms with Gasteiger partial charge in [0.15, 0.2) is 0 Å². The van der Waals surface area contributed by atoms with Gasteiger partial charge in [-0.3, -0.25) is 4.79 Å². The fourth-order valence-electron chi connectivity index (χ4n) is 2.34. The number of rotatable bonds is 6. The van der Waals surface area contributed by atoms with E-state index in [-0.39, 0.29) is 11.9 Å². The molecule has 0 fully saturated rings. The maximum atomic E-state index is 12.3.